The maximum Gasteiger partial charge on any atom is 0.128 e. The molecule has 0 atom stereocenters. The molecular formula is C13H11BrFNS. The van der Waals surface area contributed by atoms with Crippen molar-refractivity contribution >= 4 is 27.7 Å². The first kappa shape index (κ1) is 12.6. The first-order valence-corrected chi connectivity index (χ1v) is 6.72. The molecule has 0 bridgehead atoms. The standard InChI is InChI=1S/C13H11BrFNS/c14-9-4-6-10(7-5-9)17-13-3-1-2-12(15)11(13)8-16/h1-7H,8,16H2. The second-order valence-electron chi connectivity index (χ2n) is 3.48. The van der Waals surface area contributed by atoms with Gasteiger partial charge in [0.1, 0.15) is 5.82 Å². The molecule has 0 aliphatic heterocycles. The smallest absolute Gasteiger partial charge is 0.128 e. The van der Waals surface area contributed by atoms with E-state index in [4.69, 9.17) is 5.73 Å². The number of nitrogens with two attached hydrogens (primary N) is 1. The van der Waals surface area contributed by atoms with Gasteiger partial charge in [0.25, 0.3) is 0 Å². The Morgan fingerprint density at radius 1 is 1.12 bits per heavy atom. The van der Waals surface area contributed by atoms with Crippen LogP contribution in [-0.4, -0.2) is 0 Å². The number of hydrogen-bond acceptors (Lipinski definition) is 2. The Morgan fingerprint density at radius 3 is 2.47 bits per heavy atom. The molecule has 0 saturated carbocycles. The van der Waals surface area contributed by atoms with E-state index >= 15 is 0 Å². The van der Waals surface area contributed by atoms with Crippen LogP contribution in [0.25, 0.3) is 0 Å². The fourth-order valence-electron chi connectivity index (χ4n) is 1.46. The summed E-state index contributed by atoms with van der Waals surface area (Å²) < 4.78 is 14.5. The Morgan fingerprint density at radius 2 is 1.82 bits per heavy atom. The summed E-state index contributed by atoms with van der Waals surface area (Å²) in [7, 11) is 0. The number of benzene rings is 2. The minimum Gasteiger partial charge on any atom is -0.326 e. The summed E-state index contributed by atoms with van der Waals surface area (Å²) in [6.07, 6.45) is 0. The van der Waals surface area contributed by atoms with Crippen molar-refractivity contribution in [2.75, 3.05) is 0 Å². The fourth-order valence-corrected chi connectivity index (χ4v) is 2.70. The van der Waals surface area contributed by atoms with Gasteiger partial charge in [-0.1, -0.05) is 33.8 Å². The zero-order valence-corrected chi connectivity index (χ0v) is 11.4. The lowest BCUT2D eigenvalue weighted by Gasteiger charge is -2.08. The van der Waals surface area contributed by atoms with Crippen molar-refractivity contribution in [1.82, 2.24) is 0 Å². The van der Waals surface area contributed by atoms with E-state index in [0.717, 1.165) is 14.3 Å². The predicted molar refractivity (Wildman–Crippen MR) is 72.6 cm³/mol. The van der Waals surface area contributed by atoms with Crippen LogP contribution in [0.1, 0.15) is 5.56 Å². The number of hydrogen-bond donors (Lipinski definition) is 1. The third-order valence-corrected chi connectivity index (χ3v) is 3.96. The van der Waals surface area contributed by atoms with Gasteiger partial charge < -0.3 is 5.73 Å². The average Bonchev–Trinajstić information content (AvgIpc) is 2.32. The van der Waals surface area contributed by atoms with Gasteiger partial charge in [0.2, 0.25) is 0 Å². The Kier molecular flexibility index (Phi) is 4.20. The molecule has 88 valence electrons. The van der Waals surface area contributed by atoms with Crippen LogP contribution in [0.4, 0.5) is 4.39 Å². The lowest BCUT2D eigenvalue weighted by molar-refractivity contribution is 0.604. The Labute approximate surface area is 112 Å². The summed E-state index contributed by atoms with van der Waals surface area (Å²) in [5, 5.41) is 0. The van der Waals surface area contributed by atoms with Crippen molar-refractivity contribution in [3.05, 3.63) is 58.3 Å². The van der Waals surface area contributed by atoms with Crippen molar-refractivity contribution in [3.63, 3.8) is 0 Å². The molecule has 2 N–H and O–H groups in total. The maximum atomic E-state index is 13.5. The molecule has 0 unspecified atom stereocenters. The molecule has 2 rings (SSSR count). The Bertz CT molecular complexity index is 513. The molecule has 0 saturated heterocycles. The molecule has 0 aliphatic rings. The molecule has 0 heterocycles. The summed E-state index contributed by atoms with van der Waals surface area (Å²) in [6, 6.07) is 12.9. The van der Waals surface area contributed by atoms with Crippen LogP contribution in [0.15, 0.2) is 56.7 Å². The highest BCUT2D eigenvalue weighted by Crippen LogP contribution is 2.32. The van der Waals surface area contributed by atoms with Crippen molar-refractivity contribution in [2.45, 2.75) is 16.3 Å². The van der Waals surface area contributed by atoms with Gasteiger partial charge in [-0.3, -0.25) is 0 Å². The van der Waals surface area contributed by atoms with Crippen LogP contribution in [0.3, 0.4) is 0 Å². The number of halogens is 2. The molecular weight excluding hydrogens is 301 g/mol. The van der Waals surface area contributed by atoms with Gasteiger partial charge in [0, 0.05) is 26.4 Å². The lowest BCUT2D eigenvalue weighted by atomic mass is 10.2. The molecule has 4 heteroatoms. The fraction of sp³-hybridized carbons (Fsp3) is 0.0769. The van der Waals surface area contributed by atoms with Crippen LogP contribution >= 0.6 is 27.7 Å². The molecule has 1 nitrogen and oxygen atoms in total. The first-order chi connectivity index (χ1) is 8.20. The van der Waals surface area contributed by atoms with E-state index in [0.29, 0.717) is 5.56 Å². The molecule has 0 radical (unpaired) electrons. The highest BCUT2D eigenvalue weighted by Gasteiger charge is 2.07. The van der Waals surface area contributed by atoms with E-state index in [2.05, 4.69) is 15.9 Å². The SMILES string of the molecule is NCc1c(F)cccc1Sc1ccc(Br)cc1. The minimum atomic E-state index is -0.241. The highest BCUT2D eigenvalue weighted by atomic mass is 79.9. The van der Waals surface area contributed by atoms with Crippen molar-refractivity contribution in [2.24, 2.45) is 5.73 Å². The molecule has 0 aliphatic carbocycles. The molecule has 17 heavy (non-hydrogen) atoms. The van der Waals surface area contributed by atoms with E-state index in [9.17, 15) is 4.39 Å². The summed E-state index contributed by atoms with van der Waals surface area (Å²) in [5.74, 6) is -0.241. The summed E-state index contributed by atoms with van der Waals surface area (Å²) in [4.78, 5) is 1.93. The van der Waals surface area contributed by atoms with Gasteiger partial charge in [-0.15, -0.1) is 0 Å². The molecule has 0 fully saturated rings. The zero-order valence-electron chi connectivity index (χ0n) is 8.99. The van der Waals surface area contributed by atoms with E-state index < -0.39 is 0 Å². The van der Waals surface area contributed by atoms with Gasteiger partial charge >= 0.3 is 0 Å². The van der Waals surface area contributed by atoms with Gasteiger partial charge in [0.15, 0.2) is 0 Å². The molecule has 0 spiro atoms. The molecule has 0 aromatic heterocycles. The van der Waals surface area contributed by atoms with Crippen LogP contribution in [0, 0.1) is 5.82 Å². The second kappa shape index (κ2) is 5.67. The van der Waals surface area contributed by atoms with Crippen LogP contribution in [-0.2, 0) is 6.54 Å². The Hall–Kier alpha value is -0.840. The summed E-state index contributed by atoms with van der Waals surface area (Å²) >= 11 is 4.90. The quantitative estimate of drug-likeness (QED) is 0.919. The largest absolute Gasteiger partial charge is 0.326 e. The van der Waals surface area contributed by atoms with Crippen LogP contribution in [0.5, 0.6) is 0 Å². The Balaban J connectivity index is 2.29. The zero-order chi connectivity index (χ0) is 12.3. The average molecular weight is 312 g/mol. The van der Waals surface area contributed by atoms with Gasteiger partial charge in [-0.05, 0) is 36.4 Å². The van der Waals surface area contributed by atoms with Crippen LogP contribution in [0.2, 0.25) is 0 Å². The minimum absolute atomic E-state index is 0.214. The van der Waals surface area contributed by atoms with Crippen molar-refractivity contribution in [3.8, 4) is 0 Å². The van der Waals surface area contributed by atoms with E-state index in [1.807, 2.05) is 30.3 Å². The monoisotopic (exact) mass is 311 g/mol. The normalized spacial score (nSPS) is 10.5. The molecule has 2 aromatic carbocycles. The third-order valence-electron chi connectivity index (χ3n) is 2.32. The molecule has 0 amide bonds. The van der Waals surface area contributed by atoms with Crippen molar-refractivity contribution < 1.29 is 4.39 Å². The lowest BCUT2D eigenvalue weighted by Crippen LogP contribution is -2.01. The van der Waals surface area contributed by atoms with E-state index in [1.165, 1.54) is 17.8 Å². The van der Waals surface area contributed by atoms with Gasteiger partial charge in [-0.25, -0.2) is 4.39 Å². The van der Waals surface area contributed by atoms with Crippen molar-refractivity contribution in [1.29, 1.82) is 0 Å². The first-order valence-electron chi connectivity index (χ1n) is 5.11. The van der Waals surface area contributed by atoms with Gasteiger partial charge in [-0.2, -0.15) is 0 Å². The predicted octanol–water partition coefficient (Wildman–Crippen LogP) is 4.20. The van der Waals surface area contributed by atoms with Gasteiger partial charge in [0.05, 0.1) is 0 Å². The van der Waals surface area contributed by atoms with Crippen LogP contribution < -0.4 is 5.73 Å². The molecule has 2 aromatic rings. The second-order valence-corrected chi connectivity index (χ2v) is 5.51. The summed E-state index contributed by atoms with van der Waals surface area (Å²) in [6.45, 7) is 0.214. The van der Waals surface area contributed by atoms with E-state index in [1.54, 1.807) is 6.07 Å². The third kappa shape index (κ3) is 3.09. The highest BCUT2D eigenvalue weighted by molar-refractivity contribution is 9.10. The topological polar surface area (TPSA) is 26.0 Å². The van der Waals surface area contributed by atoms with E-state index in [-0.39, 0.29) is 12.4 Å². The summed E-state index contributed by atoms with van der Waals surface area (Å²) in [5.41, 5.74) is 6.14. The maximum absolute atomic E-state index is 13.5. The number of rotatable bonds is 3.